The zero-order valence-corrected chi connectivity index (χ0v) is 16.0. The summed E-state index contributed by atoms with van der Waals surface area (Å²) in [5.74, 6) is 0.340. The lowest BCUT2D eigenvalue weighted by molar-refractivity contribution is 0.0530. The Morgan fingerprint density at radius 2 is 1.74 bits per heavy atom. The first kappa shape index (κ1) is 17.7. The third kappa shape index (κ3) is 4.18. The molecule has 0 spiro atoms. The Hall–Kier alpha value is -2.70. The predicted molar refractivity (Wildman–Crippen MR) is 110 cm³/mol. The van der Waals surface area contributed by atoms with Crippen LogP contribution in [-0.2, 0) is 4.74 Å². The summed E-state index contributed by atoms with van der Waals surface area (Å²) >= 11 is 3.23. The molecule has 0 bridgehead atoms. The lowest BCUT2D eigenvalue weighted by atomic mass is 10.2. The van der Waals surface area contributed by atoms with Gasteiger partial charge in [-0.2, -0.15) is 0 Å². The van der Waals surface area contributed by atoms with Crippen LogP contribution in [-0.4, -0.2) is 28.3 Å². The highest BCUT2D eigenvalue weighted by atomic mass is 32.2. The molecule has 0 saturated carbocycles. The second kappa shape index (κ2) is 8.33. The molecule has 0 atom stereocenters. The number of rotatable bonds is 6. The van der Waals surface area contributed by atoms with Gasteiger partial charge in [0.1, 0.15) is 22.8 Å². The zero-order chi connectivity index (χ0) is 18.5. The van der Waals surface area contributed by atoms with Crippen molar-refractivity contribution in [3.63, 3.8) is 0 Å². The molecule has 0 aliphatic heterocycles. The topological polar surface area (TPSA) is 52.1 Å². The highest BCUT2D eigenvalue weighted by Gasteiger charge is 2.11. The second-order valence-electron chi connectivity index (χ2n) is 5.72. The lowest BCUT2D eigenvalue weighted by Gasteiger charge is -2.05. The minimum Gasteiger partial charge on any atom is -0.461 e. The van der Waals surface area contributed by atoms with Crippen molar-refractivity contribution < 1.29 is 9.53 Å². The fraction of sp³-hybridized carbons (Fsp3) is 0.0952. The summed E-state index contributed by atoms with van der Waals surface area (Å²) < 4.78 is 5.34. The summed E-state index contributed by atoms with van der Waals surface area (Å²) in [6.45, 7) is 0.333. The Bertz CT molecular complexity index is 1050. The van der Waals surface area contributed by atoms with E-state index in [0.29, 0.717) is 17.9 Å². The van der Waals surface area contributed by atoms with Crippen molar-refractivity contribution in [1.82, 2.24) is 9.97 Å². The Morgan fingerprint density at radius 3 is 2.52 bits per heavy atom. The number of hydrogen-bond acceptors (Lipinski definition) is 6. The van der Waals surface area contributed by atoms with Gasteiger partial charge < -0.3 is 4.74 Å². The van der Waals surface area contributed by atoms with Crippen molar-refractivity contribution >= 4 is 39.3 Å². The third-order valence-corrected chi connectivity index (χ3v) is 5.98. The molecule has 6 heteroatoms. The molecule has 0 saturated heterocycles. The van der Waals surface area contributed by atoms with Crippen LogP contribution >= 0.6 is 23.1 Å². The number of hydrogen-bond donors (Lipinski definition) is 0. The average Bonchev–Trinajstić information content (AvgIpc) is 3.17. The molecule has 4 rings (SSSR count). The summed E-state index contributed by atoms with van der Waals surface area (Å²) in [4.78, 5) is 22.9. The van der Waals surface area contributed by atoms with Crippen LogP contribution < -0.4 is 0 Å². The van der Waals surface area contributed by atoms with E-state index in [1.54, 1.807) is 41.6 Å². The first-order valence-electron chi connectivity index (χ1n) is 8.46. The van der Waals surface area contributed by atoms with Crippen molar-refractivity contribution in [1.29, 1.82) is 0 Å². The molecule has 0 fully saturated rings. The van der Waals surface area contributed by atoms with Gasteiger partial charge >= 0.3 is 5.97 Å². The molecule has 0 radical (unpaired) electrons. The van der Waals surface area contributed by atoms with Crippen LogP contribution in [0.3, 0.4) is 0 Å². The molecule has 0 aliphatic carbocycles. The van der Waals surface area contributed by atoms with Gasteiger partial charge in [-0.1, -0.05) is 48.5 Å². The fourth-order valence-corrected chi connectivity index (χ4v) is 4.49. The Labute approximate surface area is 165 Å². The number of carbonyl (C=O) groups is 1. The molecular weight excluding hydrogens is 376 g/mol. The molecule has 4 aromatic rings. The van der Waals surface area contributed by atoms with Crippen molar-refractivity contribution in [3.8, 4) is 10.4 Å². The Morgan fingerprint density at radius 1 is 1.00 bits per heavy atom. The molecule has 2 aromatic carbocycles. The SMILES string of the molecule is O=C(OCCSc1ncnc2sc(-c3ccccc3)cc12)c1ccccc1. The highest BCUT2D eigenvalue weighted by Crippen LogP contribution is 2.35. The van der Waals surface area contributed by atoms with E-state index < -0.39 is 0 Å². The molecule has 2 heterocycles. The maximum Gasteiger partial charge on any atom is 0.338 e. The average molecular weight is 393 g/mol. The quantitative estimate of drug-likeness (QED) is 0.193. The van der Waals surface area contributed by atoms with E-state index in [-0.39, 0.29) is 5.97 Å². The number of ether oxygens (including phenoxy) is 1. The van der Waals surface area contributed by atoms with E-state index in [1.165, 1.54) is 10.4 Å². The molecule has 27 heavy (non-hydrogen) atoms. The van der Waals surface area contributed by atoms with Gasteiger partial charge in [-0.05, 0) is 23.8 Å². The Kier molecular flexibility index (Phi) is 5.46. The molecular formula is C21H16N2O2S2. The molecule has 134 valence electrons. The number of esters is 1. The maximum absolute atomic E-state index is 12.0. The van der Waals surface area contributed by atoms with E-state index in [2.05, 4.69) is 28.2 Å². The number of aromatic nitrogens is 2. The number of thiophene rings is 1. The second-order valence-corrected chi connectivity index (χ2v) is 7.84. The van der Waals surface area contributed by atoms with Crippen LogP contribution in [0, 0.1) is 0 Å². The molecule has 0 unspecified atom stereocenters. The summed E-state index contributed by atoms with van der Waals surface area (Å²) in [6, 6.07) is 21.4. The van der Waals surface area contributed by atoms with Crippen LogP contribution in [0.25, 0.3) is 20.7 Å². The normalized spacial score (nSPS) is 10.8. The van der Waals surface area contributed by atoms with Crippen LogP contribution in [0.2, 0.25) is 0 Å². The number of benzene rings is 2. The van der Waals surface area contributed by atoms with Gasteiger partial charge in [0.2, 0.25) is 0 Å². The molecule has 0 N–H and O–H groups in total. The number of nitrogens with zero attached hydrogens (tertiary/aromatic N) is 2. The van der Waals surface area contributed by atoms with Crippen molar-refractivity contribution in [3.05, 3.63) is 78.6 Å². The van der Waals surface area contributed by atoms with E-state index in [9.17, 15) is 4.79 Å². The van der Waals surface area contributed by atoms with Gasteiger partial charge in [0.25, 0.3) is 0 Å². The van der Waals surface area contributed by atoms with E-state index in [1.807, 2.05) is 36.4 Å². The van der Waals surface area contributed by atoms with Gasteiger partial charge in [0.15, 0.2) is 0 Å². The van der Waals surface area contributed by atoms with E-state index in [0.717, 1.165) is 15.2 Å². The fourth-order valence-electron chi connectivity index (χ4n) is 2.62. The first-order valence-corrected chi connectivity index (χ1v) is 10.3. The van der Waals surface area contributed by atoms with E-state index >= 15 is 0 Å². The lowest BCUT2D eigenvalue weighted by Crippen LogP contribution is -2.07. The first-order chi connectivity index (χ1) is 13.3. The minimum absolute atomic E-state index is 0.300. The van der Waals surface area contributed by atoms with Gasteiger partial charge in [-0.15, -0.1) is 23.1 Å². The van der Waals surface area contributed by atoms with Gasteiger partial charge in [-0.3, -0.25) is 0 Å². The third-order valence-electron chi connectivity index (χ3n) is 3.92. The standard InChI is InChI=1S/C21H16N2O2S2/c24-21(16-9-5-2-6-10-16)25-11-12-26-19-17-13-18(15-7-3-1-4-8-15)27-20(17)23-14-22-19/h1-10,13-14H,11-12H2. The van der Waals surface area contributed by atoms with Crippen LogP contribution in [0.4, 0.5) is 0 Å². The van der Waals surface area contributed by atoms with Gasteiger partial charge in [-0.25, -0.2) is 14.8 Å². The minimum atomic E-state index is -0.300. The summed E-state index contributed by atoms with van der Waals surface area (Å²) in [5.41, 5.74) is 1.74. The predicted octanol–water partition coefficient (Wildman–Crippen LogP) is 5.31. The van der Waals surface area contributed by atoms with Crippen LogP contribution in [0.1, 0.15) is 10.4 Å². The maximum atomic E-state index is 12.0. The summed E-state index contributed by atoms with van der Waals surface area (Å²) in [5, 5.41) is 1.95. The molecule has 4 nitrogen and oxygen atoms in total. The monoisotopic (exact) mass is 392 g/mol. The Balaban J connectivity index is 1.42. The van der Waals surface area contributed by atoms with Gasteiger partial charge in [0, 0.05) is 16.0 Å². The van der Waals surface area contributed by atoms with Gasteiger partial charge in [0.05, 0.1) is 5.56 Å². The summed E-state index contributed by atoms with van der Waals surface area (Å²) in [7, 11) is 0. The van der Waals surface area contributed by atoms with Crippen LogP contribution in [0.15, 0.2) is 78.1 Å². The van der Waals surface area contributed by atoms with Crippen molar-refractivity contribution in [2.24, 2.45) is 0 Å². The smallest absolute Gasteiger partial charge is 0.338 e. The largest absolute Gasteiger partial charge is 0.461 e. The summed E-state index contributed by atoms with van der Waals surface area (Å²) in [6.07, 6.45) is 1.59. The number of carbonyl (C=O) groups excluding carboxylic acids is 1. The number of fused-ring (bicyclic) bond motifs is 1. The van der Waals surface area contributed by atoms with Crippen molar-refractivity contribution in [2.45, 2.75) is 5.03 Å². The molecule has 0 amide bonds. The molecule has 2 aromatic heterocycles. The zero-order valence-electron chi connectivity index (χ0n) is 14.4. The van der Waals surface area contributed by atoms with Crippen LogP contribution in [0.5, 0.6) is 0 Å². The van der Waals surface area contributed by atoms with E-state index in [4.69, 9.17) is 4.74 Å². The number of thioether (sulfide) groups is 1. The van der Waals surface area contributed by atoms with Crippen molar-refractivity contribution in [2.75, 3.05) is 12.4 Å². The molecule has 0 aliphatic rings. The highest BCUT2D eigenvalue weighted by molar-refractivity contribution is 7.99.